The molecule has 2 atom stereocenters. The normalized spacial score (nSPS) is 36.2. The summed E-state index contributed by atoms with van der Waals surface area (Å²) in [6, 6.07) is 0.415. The first-order chi connectivity index (χ1) is 9.15. The molecule has 2 amide bonds. The van der Waals surface area contributed by atoms with Gasteiger partial charge < -0.3 is 16.0 Å². The Morgan fingerprint density at radius 3 is 2.32 bits per heavy atom. The van der Waals surface area contributed by atoms with Gasteiger partial charge in [0.15, 0.2) is 0 Å². The third-order valence-electron chi connectivity index (χ3n) is 5.05. The van der Waals surface area contributed by atoms with Crippen LogP contribution in [0.5, 0.6) is 0 Å². The standard InChI is InChI=1S/C14H23N3O2/c15-6-13(18)16-7-14(19)17-8-11-2-9-1-10(3-11)5-12(17)4-9/h9-12H,1-8,15H2,(H,16,18). The van der Waals surface area contributed by atoms with Gasteiger partial charge in [-0.25, -0.2) is 0 Å². The predicted octanol–water partition coefficient (Wildman–Crippen LogP) is 0.0984. The molecule has 106 valence electrons. The van der Waals surface area contributed by atoms with Crippen LogP contribution in [0.2, 0.25) is 0 Å². The molecule has 0 radical (unpaired) electrons. The van der Waals surface area contributed by atoms with Gasteiger partial charge in [-0.05, 0) is 49.9 Å². The molecule has 2 aliphatic carbocycles. The molecule has 0 aromatic rings. The van der Waals surface area contributed by atoms with E-state index in [4.69, 9.17) is 5.73 Å². The quantitative estimate of drug-likeness (QED) is 0.760. The molecule has 0 aromatic carbocycles. The van der Waals surface area contributed by atoms with E-state index >= 15 is 0 Å². The maximum Gasteiger partial charge on any atom is 0.242 e. The summed E-state index contributed by atoms with van der Waals surface area (Å²) in [6.07, 6.45) is 6.31. The Labute approximate surface area is 113 Å². The first-order valence-electron chi connectivity index (χ1n) is 7.42. The average Bonchev–Trinajstić information content (AvgIpc) is 2.59. The molecule has 2 saturated heterocycles. The molecule has 2 heterocycles. The average molecular weight is 265 g/mol. The van der Waals surface area contributed by atoms with Crippen molar-refractivity contribution in [2.75, 3.05) is 19.6 Å². The van der Waals surface area contributed by atoms with Crippen molar-refractivity contribution in [3.63, 3.8) is 0 Å². The molecule has 2 unspecified atom stereocenters. The smallest absolute Gasteiger partial charge is 0.242 e. The number of nitrogens with zero attached hydrogens (tertiary/aromatic N) is 1. The Hall–Kier alpha value is -1.10. The van der Waals surface area contributed by atoms with Gasteiger partial charge in [0.1, 0.15) is 0 Å². The van der Waals surface area contributed by atoms with E-state index in [1.807, 2.05) is 4.90 Å². The van der Waals surface area contributed by atoms with Crippen molar-refractivity contribution in [3.05, 3.63) is 0 Å². The summed E-state index contributed by atoms with van der Waals surface area (Å²) in [6.45, 7) is 0.951. The lowest BCUT2D eigenvalue weighted by Gasteiger charge is -2.39. The van der Waals surface area contributed by atoms with Gasteiger partial charge in [0.05, 0.1) is 13.1 Å². The summed E-state index contributed by atoms with van der Waals surface area (Å²) in [5.41, 5.74) is 5.23. The Morgan fingerprint density at radius 1 is 1.05 bits per heavy atom. The third-order valence-corrected chi connectivity index (χ3v) is 5.05. The number of nitrogens with one attached hydrogen (secondary N) is 1. The lowest BCUT2D eigenvalue weighted by molar-refractivity contribution is -0.135. The lowest BCUT2D eigenvalue weighted by Crippen LogP contribution is -2.47. The van der Waals surface area contributed by atoms with Crippen molar-refractivity contribution in [2.45, 2.75) is 38.1 Å². The second-order valence-electron chi connectivity index (χ2n) is 6.46. The highest BCUT2D eigenvalue weighted by atomic mass is 16.2. The van der Waals surface area contributed by atoms with Gasteiger partial charge in [-0.15, -0.1) is 0 Å². The zero-order valence-corrected chi connectivity index (χ0v) is 11.3. The van der Waals surface area contributed by atoms with Crippen molar-refractivity contribution in [1.82, 2.24) is 10.2 Å². The molecule has 3 N–H and O–H groups in total. The van der Waals surface area contributed by atoms with Gasteiger partial charge in [0.2, 0.25) is 11.8 Å². The minimum Gasteiger partial charge on any atom is -0.346 e. The molecular weight excluding hydrogens is 242 g/mol. The molecule has 0 spiro atoms. The van der Waals surface area contributed by atoms with Gasteiger partial charge in [0, 0.05) is 12.6 Å². The first-order valence-corrected chi connectivity index (χ1v) is 7.42. The van der Waals surface area contributed by atoms with Crippen LogP contribution in [-0.4, -0.2) is 42.4 Å². The van der Waals surface area contributed by atoms with E-state index in [1.54, 1.807) is 0 Å². The third kappa shape index (κ3) is 2.61. The van der Waals surface area contributed by atoms with E-state index in [1.165, 1.54) is 32.1 Å². The summed E-state index contributed by atoms with van der Waals surface area (Å²) in [5, 5.41) is 2.60. The summed E-state index contributed by atoms with van der Waals surface area (Å²) >= 11 is 0. The van der Waals surface area contributed by atoms with Gasteiger partial charge in [0.25, 0.3) is 0 Å². The van der Waals surface area contributed by atoms with Gasteiger partial charge in [-0.2, -0.15) is 0 Å². The number of hydrogen-bond donors (Lipinski definition) is 2. The van der Waals surface area contributed by atoms with Crippen LogP contribution in [0.15, 0.2) is 0 Å². The minimum atomic E-state index is -0.256. The zero-order valence-electron chi connectivity index (χ0n) is 11.3. The highest BCUT2D eigenvalue weighted by molar-refractivity contribution is 5.85. The van der Waals surface area contributed by atoms with Crippen molar-refractivity contribution in [2.24, 2.45) is 23.5 Å². The number of amides is 2. The topological polar surface area (TPSA) is 75.4 Å². The highest BCUT2D eigenvalue weighted by Crippen LogP contribution is 2.47. The van der Waals surface area contributed by atoms with Crippen molar-refractivity contribution >= 4 is 11.8 Å². The van der Waals surface area contributed by atoms with Crippen LogP contribution < -0.4 is 11.1 Å². The van der Waals surface area contributed by atoms with Crippen LogP contribution in [0.1, 0.15) is 32.1 Å². The van der Waals surface area contributed by atoms with E-state index in [2.05, 4.69) is 5.32 Å². The molecular formula is C14H23N3O2. The Bertz CT molecular complexity index is 371. The molecule has 4 bridgehead atoms. The number of hydrogen-bond acceptors (Lipinski definition) is 3. The molecule has 19 heavy (non-hydrogen) atoms. The summed E-state index contributed by atoms with van der Waals surface area (Å²) in [5.74, 6) is 2.16. The number of carbonyl (C=O) groups is 2. The largest absolute Gasteiger partial charge is 0.346 e. The monoisotopic (exact) mass is 265 g/mol. The Kier molecular flexibility index (Phi) is 3.48. The summed E-state index contributed by atoms with van der Waals surface area (Å²) in [4.78, 5) is 25.5. The first kappa shape index (κ1) is 12.9. The van der Waals surface area contributed by atoms with E-state index in [9.17, 15) is 9.59 Å². The number of nitrogens with two attached hydrogens (primary N) is 1. The predicted molar refractivity (Wildman–Crippen MR) is 71.1 cm³/mol. The van der Waals surface area contributed by atoms with Crippen LogP contribution in [0, 0.1) is 17.8 Å². The number of rotatable bonds is 3. The fourth-order valence-corrected chi connectivity index (χ4v) is 4.44. The maximum atomic E-state index is 12.3. The van der Waals surface area contributed by atoms with Gasteiger partial charge in [-0.3, -0.25) is 9.59 Å². The summed E-state index contributed by atoms with van der Waals surface area (Å²) in [7, 11) is 0. The zero-order chi connectivity index (χ0) is 13.4. The molecule has 5 heteroatoms. The van der Waals surface area contributed by atoms with Crippen LogP contribution in [0.4, 0.5) is 0 Å². The molecule has 2 aliphatic heterocycles. The fraction of sp³-hybridized carbons (Fsp3) is 0.857. The van der Waals surface area contributed by atoms with Crippen LogP contribution >= 0.6 is 0 Å². The molecule has 4 rings (SSSR count). The van der Waals surface area contributed by atoms with Crippen molar-refractivity contribution in [3.8, 4) is 0 Å². The second-order valence-corrected chi connectivity index (χ2v) is 6.46. The lowest BCUT2D eigenvalue weighted by atomic mass is 9.68. The maximum absolute atomic E-state index is 12.3. The number of carbonyl (C=O) groups excluding carboxylic acids is 2. The Balaban J connectivity index is 1.64. The minimum absolute atomic E-state index is 0.0521. The highest BCUT2D eigenvalue weighted by Gasteiger charge is 2.43. The fourth-order valence-electron chi connectivity index (χ4n) is 4.44. The van der Waals surface area contributed by atoms with Crippen LogP contribution in [0.25, 0.3) is 0 Å². The van der Waals surface area contributed by atoms with Gasteiger partial charge >= 0.3 is 0 Å². The Morgan fingerprint density at radius 2 is 1.68 bits per heavy atom. The van der Waals surface area contributed by atoms with E-state index < -0.39 is 0 Å². The van der Waals surface area contributed by atoms with E-state index in [0.717, 1.165) is 18.4 Å². The van der Waals surface area contributed by atoms with Crippen LogP contribution in [-0.2, 0) is 9.59 Å². The van der Waals surface area contributed by atoms with E-state index in [-0.39, 0.29) is 24.9 Å². The van der Waals surface area contributed by atoms with Crippen molar-refractivity contribution < 1.29 is 9.59 Å². The molecule has 4 fully saturated rings. The second kappa shape index (κ2) is 5.12. The van der Waals surface area contributed by atoms with Crippen LogP contribution in [0.3, 0.4) is 0 Å². The molecule has 4 aliphatic rings. The molecule has 2 saturated carbocycles. The van der Waals surface area contributed by atoms with E-state index in [0.29, 0.717) is 12.0 Å². The molecule has 5 nitrogen and oxygen atoms in total. The van der Waals surface area contributed by atoms with Crippen molar-refractivity contribution in [1.29, 1.82) is 0 Å². The molecule has 0 aromatic heterocycles. The van der Waals surface area contributed by atoms with Gasteiger partial charge in [-0.1, -0.05) is 0 Å². The number of fused-ring (bicyclic) bond motifs is 1. The summed E-state index contributed by atoms with van der Waals surface area (Å²) < 4.78 is 0. The SMILES string of the molecule is NCC(=O)NCC(=O)N1CC2CC3CC(C2)CC1C3.